The first-order valence-electron chi connectivity index (χ1n) is 10.5. The van der Waals surface area contributed by atoms with Gasteiger partial charge in [0.15, 0.2) is 17.2 Å². The van der Waals surface area contributed by atoms with E-state index in [2.05, 4.69) is 22.0 Å². The van der Waals surface area contributed by atoms with E-state index in [9.17, 15) is 4.79 Å². The molecule has 1 aliphatic heterocycles. The molecule has 0 spiro atoms. The van der Waals surface area contributed by atoms with Gasteiger partial charge in [-0.25, -0.2) is 4.52 Å². The Morgan fingerprint density at radius 3 is 2.56 bits per heavy atom. The Labute approximate surface area is 185 Å². The molecule has 8 nitrogen and oxygen atoms in total. The fraction of sp³-hybridized carbons (Fsp3) is 0.250. The van der Waals surface area contributed by atoms with Crippen molar-refractivity contribution in [2.45, 2.75) is 12.3 Å². The maximum absolute atomic E-state index is 12.3. The van der Waals surface area contributed by atoms with Crippen molar-refractivity contribution in [2.75, 3.05) is 27.2 Å². The highest BCUT2D eigenvalue weighted by Crippen LogP contribution is 2.34. The number of methoxy groups -OCH3 is 1. The first kappa shape index (κ1) is 20.1. The number of benzene rings is 2. The minimum absolute atomic E-state index is 0.344. The Bertz CT molecular complexity index is 1270. The number of nitrogens with one attached hydrogen (secondary N) is 1. The number of para-hydroxylation sites is 2. The van der Waals surface area contributed by atoms with Crippen molar-refractivity contribution in [3.63, 3.8) is 0 Å². The number of nitrogens with zero attached hydrogens (tertiary/aromatic N) is 3. The molecule has 3 N–H and O–H groups in total. The molecule has 0 bridgehead atoms. The number of rotatable bonds is 6. The van der Waals surface area contributed by atoms with E-state index in [1.54, 1.807) is 11.6 Å². The molecular weight excluding hydrogens is 406 g/mol. The van der Waals surface area contributed by atoms with Crippen LogP contribution in [0, 0.1) is 0 Å². The molecule has 0 saturated carbocycles. The Morgan fingerprint density at radius 1 is 1.16 bits per heavy atom. The van der Waals surface area contributed by atoms with Gasteiger partial charge in [-0.3, -0.25) is 4.79 Å². The summed E-state index contributed by atoms with van der Waals surface area (Å²) in [6.45, 7) is 2.02. The van der Waals surface area contributed by atoms with Crippen LogP contribution in [0.3, 0.4) is 0 Å². The number of carbonyl (C=O) groups is 1. The predicted octanol–water partition coefficient (Wildman–Crippen LogP) is 3.65. The van der Waals surface area contributed by atoms with Gasteiger partial charge in [0.1, 0.15) is 11.4 Å². The van der Waals surface area contributed by atoms with E-state index in [1.807, 2.05) is 54.7 Å². The lowest BCUT2D eigenvalue weighted by atomic mass is 10.0. The van der Waals surface area contributed by atoms with E-state index in [0.717, 1.165) is 36.3 Å². The normalized spacial score (nSPS) is 16.5. The smallest absolute Gasteiger partial charge is 0.269 e. The summed E-state index contributed by atoms with van der Waals surface area (Å²) in [5, 5.41) is 4.48. The van der Waals surface area contributed by atoms with Gasteiger partial charge in [0, 0.05) is 23.6 Å². The van der Waals surface area contributed by atoms with Crippen LogP contribution < -0.4 is 15.2 Å². The number of primary amides is 1. The molecule has 1 unspecified atom stereocenters. The van der Waals surface area contributed by atoms with Crippen LogP contribution in [-0.2, 0) is 0 Å². The Kier molecular flexibility index (Phi) is 5.07. The molecule has 4 aromatic rings. The number of aromatic amines is 1. The molecule has 0 aliphatic carbocycles. The van der Waals surface area contributed by atoms with Crippen LogP contribution in [0.4, 0.5) is 0 Å². The van der Waals surface area contributed by atoms with Gasteiger partial charge in [-0.1, -0.05) is 12.1 Å². The molecular formula is C24H25N5O3. The zero-order valence-electron chi connectivity index (χ0n) is 18.0. The van der Waals surface area contributed by atoms with E-state index >= 15 is 0 Å². The molecule has 3 heterocycles. The van der Waals surface area contributed by atoms with E-state index in [4.69, 9.17) is 15.2 Å². The van der Waals surface area contributed by atoms with Crippen molar-refractivity contribution in [3.8, 4) is 28.5 Å². The number of hydrogen-bond acceptors (Lipinski definition) is 5. The zero-order valence-corrected chi connectivity index (χ0v) is 18.0. The van der Waals surface area contributed by atoms with Gasteiger partial charge in [0.25, 0.3) is 5.91 Å². The summed E-state index contributed by atoms with van der Waals surface area (Å²) in [7, 11) is 3.72. The number of likely N-dealkylation sites (N-methyl/N-ethyl adjacent to an activating group) is 1. The van der Waals surface area contributed by atoms with Gasteiger partial charge in [0.05, 0.1) is 19.0 Å². The Hall–Kier alpha value is -3.78. The summed E-state index contributed by atoms with van der Waals surface area (Å²) >= 11 is 0. The number of amides is 1. The predicted molar refractivity (Wildman–Crippen MR) is 121 cm³/mol. The summed E-state index contributed by atoms with van der Waals surface area (Å²) in [4.78, 5) is 18.0. The van der Waals surface area contributed by atoms with Crippen molar-refractivity contribution in [2.24, 2.45) is 5.73 Å². The third-order valence-corrected chi connectivity index (χ3v) is 5.99. The van der Waals surface area contributed by atoms with Crippen molar-refractivity contribution < 1.29 is 14.3 Å². The average molecular weight is 431 g/mol. The van der Waals surface area contributed by atoms with Crippen LogP contribution in [0.1, 0.15) is 28.4 Å². The van der Waals surface area contributed by atoms with Gasteiger partial charge in [0.2, 0.25) is 0 Å². The molecule has 8 heteroatoms. The quantitative estimate of drug-likeness (QED) is 0.486. The lowest BCUT2D eigenvalue weighted by Gasteiger charge is -2.10. The Morgan fingerprint density at radius 2 is 1.91 bits per heavy atom. The van der Waals surface area contributed by atoms with E-state index in [-0.39, 0.29) is 0 Å². The minimum atomic E-state index is -0.529. The highest BCUT2D eigenvalue weighted by molar-refractivity contribution is 5.98. The SMILES string of the molecule is COc1ccccc1Oc1ccc(-c2[nH]c3c(C4CCN(C)C4)cnn3c2C(N)=O)cc1. The number of aromatic nitrogens is 3. The molecule has 2 aromatic heterocycles. The number of imidazole rings is 1. The first-order valence-corrected chi connectivity index (χ1v) is 10.5. The molecule has 1 amide bonds. The van der Waals surface area contributed by atoms with Crippen LogP contribution in [-0.4, -0.2) is 52.7 Å². The fourth-order valence-electron chi connectivity index (χ4n) is 4.38. The van der Waals surface area contributed by atoms with Gasteiger partial charge in [-0.2, -0.15) is 5.10 Å². The zero-order chi connectivity index (χ0) is 22.2. The summed E-state index contributed by atoms with van der Waals surface area (Å²) in [5.74, 6) is 1.79. The molecule has 1 atom stereocenters. The highest BCUT2D eigenvalue weighted by Gasteiger charge is 2.28. The summed E-state index contributed by atoms with van der Waals surface area (Å²) in [5.41, 5.74) is 9.50. The van der Waals surface area contributed by atoms with Crippen LogP contribution in [0.2, 0.25) is 0 Å². The van der Waals surface area contributed by atoms with Crippen LogP contribution in [0.5, 0.6) is 17.2 Å². The molecule has 1 fully saturated rings. The second kappa shape index (κ2) is 8.05. The van der Waals surface area contributed by atoms with E-state index in [1.165, 1.54) is 0 Å². The molecule has 0 radical (unpaired) electrons. The molecule has 1 aliphatic rings. The van der Waals surface area contributed by atoms with Crippen LogP contribution >= 0.6 is 0 Å². The number of fused-ring (bicyclic) bond motifs is 1. The Balaban J connectivity index is 1.49. The highest BCUT2D eigenvalue weighted by atomic mass is 16.5. The third kappa shape index (κ3) is 3.48. The van der Waals surface area contributed by atoms with Gasteiger partial charge >= 0.3 is 0 Å². The summed E-state index contributed by atoms with van der Waals surface area (Å²) in [6, 6.07) is 15.0. The summed E-state index contributed by atoms with van der Waals surface area (Å²) in [6.07, 6.45) is 2.91. The topological polar surface area (TPSA) is 97.9 Å². The molecule has 1 saturated heterocycles. The van der Waals surface area contributed by atoms with Crippen molar-refractivity contribution in [3.05, 3.63) is 66.0 Å². The molecule has 32 heavy (non-hydrogen) atoms. The van der Waals surface area contributed by atoms with Gasteiger partial charge < -0.3 is 25.1 Å². The summed E-state index contributed by atoms with van der Waals surface area (Å²) < 4.78 is 12.9. The van der Waals surface area contributed by atoms with Crippen LogP contribution in [0.25, 0.3) is 16.9 Å². The molecule has 2 aromatic carbocycles. The number of H-pyrrole nitrogens is 1. The number of nitrogens with two attached hydrogens (primary N) is 1. The van der Waals surface area contributed by atoms with Crippen LogP contribution in [0.15, 0.2) is 54.7 Å². The monoisotopic (exact) mass is 431 g/mol. The third-order valence-electron chi connectivity index (χ3n) is 5.99. The van der Waals surface area contributed by atoms with Crippen molar-refractivity contribution in [1.82, 2.24) is 19.5 Å². The average Bonchev–Trinajstić information content (AvgIpc) is 3.49. The largest absolute Gasteiger partial charge is 0.493 e. The number of carbonyl (C=O) groups excluding carboxylic acids is 1. The lowest BCUT2D eigenvalue weighted by molar-refractivity contribution is 0.0994. The molecule has 164 valence electrons. The second-order valence-electron chi connectivity index (χ2n) is 8.10. The lowest BCUT2D eigenvalue weighted by Crippen LogP contribution is -2.15. The van der Waals surface area contributed by atoms with E-state index < -0.39 is 5.91 Å². The number of likely N-dealkylation sites (tertiary alicyclic amines) is 1. The maximum atomic E-state index is 12.3. The van der Waals surface area contributed by atoms with Crippen molar-refractivity contribution in [1.29, 1.82) is 0 Å². The number of hydrogen-bond donors (Lipinski definition) is 2. The van der Waals surface area contributed by atoms with Crippen molar-refractivity contribution >= 4 is 11.6 Å². The first-order chi connectivity index (χ1) is 15.5. The number of ether oxygens (including phenoxy) is 2. The second-order valence-corrected chi connectivity index (χ2v) is 8.10. The minimum Gasteiger partial charge on any atom is -0.493 e. The molecule has 5 rings (SSSR count). The van der Waals surface area contributed by atoms with Gasteiger partial charge in [-0.15, -0.1) is 0 Å². The van der Waals surface area contributed by atoms with E-state index in [0.29, 0.717) is 34.6 Å². The van der Waals surface area contributed by atoms with Gasteiger partial charge in [-0.05, 0) is 56.4 Å². The standard InChI is InChI=1S/C24H25N5O3/c1-28-12-11-16(14-28)18-13-26-29-22(23(25)30)21(27-24(18)29)15-7-9-17(10-8-15)32-20-6-4-3-5-19(20)31-2/h3-10,13,16,27H,11-12,14H2,1-2H3,(H2,25,30). The fourth-order valence-corrected chi connectivity index (χ4v) is 4.38. The maximum Gasteiger partial charge on any atom is 0.269 e.